The van der Waals surface area contributed by atoms with Crippen molar-refractivity contribution in [3.63, 3.8) is 0 Å². The van der Waals surface area contributed by atoms with Crippen molar-refractivity contribution < 1.29 is 79.9 Å². The molecule has 38 heavy (non-hydrogen) atoms. The molecule has 20 heteroatoms. The Hall–Kier alpha value is -1.54. The Balaban J connectivity index is 5.14. The van der Waals surface area contributed by atoms with Gasteiger partial charge in [-0.3, -0.25) is 0 Å². The number of ether oxygens (including phenoxy) is 1. The maximum Gasteiger partial charge on any atom is 0.500 e. The van der Waals surface area contributed by atoms with Crippen LogP contribution in [-0.2, 0) is 18.0 Å². The van der Waals surface area contributed by atoms with Crippen molar-refractivity contribution in [1.82, 2.24) is 5.32 Å². The Morgan fingerprint density at radius 2 is 1.11 bits per heavy atom. The zero-order valence-electron chi connectivity index (χ0n) is 20.1. The van der Waals surface area contributed by atoms with Gasteiger partial charge in [-0.25, -0.2) is 4.79 Å². The van der Waals surface area contributed by atoms with E-state index in [9.17, 15) is 61.9 Å². The molecule has 0 radical (unpaired) electrons. The fourth-order valence-corrected chi connectivity index (χ4v) is 5.39. The van der Waals surface area contributed by atoms with E-state index in [1.54, 1.807) is 20.8 Å². The Bertz CT molecular complexity index is 736. The van der Waals surface area contributed by atoms with Crippen LogP contribution in [0.3, 0.4) is 0 Å². The predicted molar refractivity (Wildman–Crippen MR) is 105 cm³/mol. The standard InChI is InChI=1S/C18H26F13NO5Si/c1-4-35-38(36-5-2,37-6-3)11-7-9-32-12(33)34-10-8-13(19,20)14(21,22)15(23,24)16(25,26)17(27,28)18(29,30)31/h4-11H2,1-3H3,(H,32,33). The van der Waals surface area contributed by atoms with Crippen molar-refractivity contribution in [3.05, 3.63) is 0 Å². The summed E-state index contributed by atoms with van der Waals surface area (Å²) >= 11 is 0. The monoisotopic (exact) mass is 611 g/mol. The molecular weight excluding hydrogens is 585 g/mol. The van der Waals surface area contributed by atoms with Gasteiger partial charge >= 0.3 is 50.7 Å². The van der Waals surface area contributed by atoms with Gasteiger partial charge in [0.15, 0.2) is 0 Å². The molecule has 0 aliphatic carbocycles. The maximum absolute atomic E-state index is 13.7. The van der Waals surface area contributed by atoms with E-state index in [4.69, 9.17) is 13.3 Å². The number of alkyl carbamates (subject to hydrolysis) is 1. The predicted octanol–water partition coefficient (Wildman–Crippen LogP) is 6.28. The van der Waals surface area contributed by atoms with E-state index >= 15 is 0 Å². The van der Waals surface area contributed by atoms with Crippen LogP contribution in [0.25, 0.3) is 0 Å². The van der Waals surface area contributed by atoms with Crippen LogP contribution in [-0.4, -0.2) is 83.7 Å². The molecule has 0 aliphatic heterocycles. The van der Waals surface area contributed by atoms with Gasteiger partial charge in [0.05, 0.1) is 13.0 Å². The molecule has 0 bridgehead atoms. The molecule has 0 spiro atoms. The highest BCUT2D eigenvalue weighted by atomic mass is 28.4. The molecular formula is C18H26F13NO5Si. The molecule has 0 aromatic carbocycles. The molecule has 0 saturated carbocycles. The van der Waals surface area contributed by atoms with Gasteiger partial charge in [0, 0.05) is 32.4 Å². The van der Waals surface area contributed by atoms with Gasteiger partial charge in [-0.05, 0) is 27.2 Å². The van der Waals surface area contributed by atoms with Gasteiger partial charge < -0.3 is 23.3 Å². The van der Waals surface area contributed by atoms with Gasteiger partial charge in [-0.15, -0.1) is 0 Å². The second-order valence-corrected chi connectivity index (χ2v) is 10.1. The van der Waals surface area contributed by atoms with Crippen LogP contribution in [0.4, 0.5) is 61.9 Å². The molecule has 0 aromatic rings. The van der Waals surface area contributed by atoms with Gasteiger partial charge in [0.2, 0.25) is 0 Å². The smallest absolute Gasteiger partial charge is 0.449 e. The van der Waals surface area contributed by atoms with E-state index in [-0.39, 0.29) is 38.8 Å². The molecule has 0 unspecified atom stereocenters. The van der Waals surface area contributed by atoms with Crippen LogP contribution in [0.5, 0.6) is 0 Å². The molecule has 228 valence electrons. The first-order valence-corrected chi connectivity index (χ1v) is 12.7. The number of hydrogen-bond donors (Lipinski definition) is 1. The molecule has 0 atom stereocenters. The Labute approximate surface area is 209 Å². The quantitative estimate of drug-likeness (QED) is 0.119. The van der Waals surface area contributed by atoms with Crippen LogP contribution in [0.2, 0.25) is 6.04 Å². The van der Waals surface area contributed by atoms with E-state index in [0.717, 1.165) is 0 Å². The Kier molecular flexibility index (Phi) is 12.7. The highest BCUT2D eigenvalue weighted by molar-refractivity contribution is 6.60. The lowest BCUT2D eigenvalue weighted by Gasteiger charge is -2.39. The normalized spacial score (nSPS) is 14.5. The second-order valence-electron chi connectivity index (χ2n) is 7.40. The summed E-state index contributed by atoms with van der Waals surface area (Å²) in [4.78, 5) is 11.5. The summed E-state index contributed by atoms with van der Waals surface area (Å²) < 4.78 is 190. The van der Waals surface area contributed by atoms with Crippen LogP contribution in [0, 0.1) is 0 Å². The van der Waals surface area contributed by atoms with E-state index in [0.29, 0.717) is 0 Å². The summed E-state index contributed by atoms with van der Waals surface area (Å²) in [5.74, 6) is -37.4. The van der Waals surface area contributed by atoms with Crippen molar-refractivity contribution in [1.29, 1.82) is 0 Å². The minimum absolute atomic E-state index is 0.101. The average molecular weight is 611 g/mol. The van der Waals surface area contributed by atoms with Crippen LogP contribution < -0.4 is 5.32 Å². The van der Waals surface area contributed by atoms with Crippen molar-refractivity contribution in [2.75, 3.05) is 33.0 Å². The van der Waals surface area contributed by atoms with Crippen molar-refractivity contribution >= 4 is 14.9 Å². The van der Waals surface area contributed by atoms with Crippen molar-refractivity contribution in [3.8, 4) is 0 Å². The Morgan fingerprint density at radius 3 is 1.50 bits per heavy atom. The number of amides is 1. The highest BCUT2D eigenvalue weighted by Gasteiger charge is 2.90. The zero-order chi connectivity index (χ0) is 30.3. The molecule has 6 nitrogen and oxygen atoms in total. The summed E-state index contributed by atoms with van der Waals surface area (Å²) in [6, 6.07) is 0.152. The minimum Gasteiger partial charge on any atom is -0.449 e. The number of carbonyl (C=O) groups is 1. The highest BCUT2D eigenvalue weighted by Crippen LogP contribution is 2.60. The third-order valence-electron chi connectivity index (χ3n) is 4.67. The SMILES string of the molecule is CCO[Si](CCCNC(=O)OCCC(F)(F)C(F)(F)C(F)(F)C(F)(F)C(F)(F)C(F)(F)F)(OCC)OCC. The first-order valence-electron chi connectivity index (χ1n) is 10.8. The molecule has 0 aliphatic rings. The van der Waals surface area contributed by atoms with Gasteiger partial charge in [0.25, 0.3) is 0 Å². The molecule has 1 amide bonds. The molecule has 0 heterocycles. The van der Waals surface area contributed by atoms with E-state index in [1.807, 2.05) is 5.32 Å². The van der Waals surface area contributed by atoms with Crippen molar-refractivity contribution in [2.45, 2.75) is 75.4 Å². The lowest BCUT2D eigenvalue weighted by atomic mass is 9.93. The second kappa shape index (κ2) is 13.2. The number of carbonyl (C=O) groups excluding carboxylic acids is 1. The average Bonchev–Trinajstić information content (AvgIpc) is 2.76. The number of hydrogen-bond acceptors (Lipinski definition) is 5. The lowest BCUT2D eigenvalue weighted by Crippen LogP contribution is -2.70. The summed E-state index contributed by atoms with van der Waals surface area (Å²) in [5, 5.41) is 1.97. The largest absolute Gasteiger partial charge is 0.500 e. The van der Waals surface area contributed by atoms with Crippen LogP contribution >= 0.6 is 0 Å². The third-order valence-corrected chi connectivity index (χ3v) is 7.82. The molecule has 0 rings (SSSR count). The molecule has 1 N–H and O–H groups in total. The molecule has 0 saturated heterocycles. The number of halogens is 13. The van der Waals surface area contributed by atoms with E-state index in [1.165, 1.54) is 0 Å². The van der Waals surface area contributed by atoms with Crippen LogP contribution in [0.1, 0.15) is 33.6 Å². The summed E-state index contributed by atoms with van der Waals surface area (Å²) in [6.07, 6.45) is -11.6. The van der Waals surface area contributed by atoms with Gasteiger partial charge in [-0.2, -0.15) is 57.1 Å². The zero-order valence-corrected chi connectivity index (χ0v) is 21.1. The first-order chi connectivity index (χ1) is 17.0. The molecule has 0 aromatic heterocycles. The minimum atomic E-state index is -7.98. The summed E-state index contributed by atoms with van der Waals surface area (Å²) in [5.41, 5.74) is 0. The summed E-state index contributed by atoms with van der Waals surface area (Å²) in [7, 11) is -3.13. The fraction of sp³-hybridized carbons (Fsp3) is 0.944. The van der Waals surface area contributed by atoms with Gasteiger partial charge in [-0.1, -0.05) is 0 Å². The summed E-state index contributed by atoms with van der Waals surface area (Å²) in [6.45, 7) is 3.57. The Morgan fingerprint density at radius 1 is 0.684 bits per heavy atom. The molecule has 0 fully saturated rings. The topological polar surface area (TPSA) is 66.0 Å². The van der Waals surface area contributed by atoms with Crippen molar-refractivity contribution in [2.24, 2.45) is 0 Å². The number of nitrogens with one attached hydrogen (secondary N) is 1. The fourth-order valence-electron chi connectivity index (χ4n) is 2.78. The first kappa shape index (κ1) is 36.5. The number of alkyl halides is 13. The third kappa shape index (κ3) is 7.77. The van der Waals surface area contributed by atoms with E-state index < -0.39 is 63.7 Å². The van der Waals surface area contributed by atoms with Gasteiger partial charge in [0.1, 0.15) is 0 Å². The number of rotatable bonds is 17. The van der Waals surface area contributed by atoms with Crippen LogP contribution in [0.15, 0.2) is 0 Å². The van der Waals surface area contributed by atoms with E-state index in [2.05, 4.69) is 4.74 Å². The maximum atomic E-state index is 13.7. The lowest BCUT2D eigenvalue weighted by molar-refractivity contribution is -0.440.